The molecule has 10 heteroatoms. The number of hydrogen-bond donors (Lipinski definition) is 1. The Morgan fingerprint density at radius 3 is 2.21 bits per heavy atom. The van der Waals surface area contributed by atoms with Crippen molar-refractivity contribution in [2.24, 2.45) is 4.99 Å². The first-order valence-corrected chi connectivity index (χ1v) is 11.0. The van der Waals surface area contributed by atoms with Crippen molar-refractivity contribution in [2.45, 2.75) is 6.92 Å². The third-order valence-corrected chi connectivity index (χ3v) is 7.06. The second-order valence-electron chi connectivity index (χ2n) is 5.79. The largest absolute Gasteiger partial charge is 0.355 e. The zero-order chi connectivity index (χ0) is 17.6. The number of amides is 1. The highest BCUT2D eigenvalue weighted by Gasteiger charge is 2.25. The second kappa shape index (κ2) is 8.91. The molecule has 2 saturated heterocycles. The highest BCUT2D eigenvalue weighted by atomic mass is 32.2. The fraction of sp³-hybridized carbons (Fsp3) is 0.857. The molecule has 138 valence electrons. The lowest BCUT2D eigenvalue weighted by Crippen LogP contribution is -2.54. The summed E-state index contributed by atoms with van der Waals surface area (Å²) in [6, 6.07) is 0. The summed E-state index contributed by atoms with van der Waals surface area (Å²) >= 11 is 1.79. The molecule has 0 unspecified atom stereocenters. The van der Waals surface area contributed by atoms with Crippen LogP contribution in [0.4, 0.5) is 0 Å². The maximum Gasteiger partial charge on any atom is 0.219 e. The lowest BCUT2D eigenvalue weighted by Gasteiger charge is -2.36. The molecule has 8 nitrogen and oxygen atoms in total. The van der Waals surface area contributed by atoms with Crippen molar-refractivity contribution in [2.75, 3.05) is 70.1 Å². The summed E-state index contributed by atoms with van der Waals surface area (Å²) in [5, 5.41) is 3.14. The number of thioether (sulfide) groups is 1. The molecule has 2 aliphatic rings. The zero-order valence-electron chi connectivity index (χ0n) is 14.4. The molecule has 1 N–H and O–H groups in total. The van der Waals surface area contributed by atoms with Gasteiger partial charge in [-0.2, -0.15) is 11.8 Å². The van der Waals surface area contributed by atoms with Gasteiger partial charge in [0.25, 0.3) is 0 Å². The van der Waals surface area contributed by atoms with Crippen LogP contribution in [0.15, 0.2) is 4.99 Å². The molecule has 2 aliphatic heterocycles. The third-order valence-electron chi connectivity index (χ3n) is 4.24. The monoisotopic (exact) mass is 377 g/mol. The molecule has 0 aliphatic carbocycles. The Bertz CT molecular complexity index is 553. The van der Waals surface area contributed by atoms with Crippen molar-refractivity contribution in [1.29, 1.82) is 0 Å². The van der Waals surface area contributed by atoms with Gasteiger partial charge in [-0.3, -0.25) is 9.79 Å². The van der Waals surface area contributed by atoms with Crippen LogP contribution in [0.25, 0.3) is 0 Å². The minimum Gasteiger partial charge on any atom is -0.355 e. The van der Waals surface area contributed by atoms with Crippen molar-refractivity contribution < 1.29 is 13.2 Å². The van der Waals surface area contributed by atoms with Gasteiger partial charge in [-0.05, 0) is 0 Å². The van der Waals surface area contributed by atoms with Gasteiger partial charge in [0.2, 0.25) is 15.9 Å². The van der Waals surface area contributed by atoms with E-state index in [1.165, 1.54) is 0 Å². The maximum atomic E-state index is 12.3. The van der Waals surface area contributed by atoms with Gasteiger partial charge in [0.15, 0.2) is 5.96 Å². The number of rotatable bonds is 4. The van der Waals surface area contributed by atoms with Gasteiger partial charge >= 0.3 is 0 Å². The van der Waals surface area contributed by atoms with E-state index in [1.54, 1.807) is 30.0 Å². The number of aliphatic imine (C=N–C) groups is 1. The average Bonchev–Trinajstić information content (AvgIpc) is 2.59. The molecular formula is C14H27N5O3S2. The molecule has 2 rings (SSSR count). The SMILES string of the molecule is CN=C(NCCS(=O)(=O)N1CCSCC1)N1CCN(C(C)=O)CC1. The Balaban J connectivity index is 1.79. The number of piperazine rings is 1. The van der Waals surface area contributed by atoms with E-state index in [-0.39, 0.29) is 11.7 Å². The number of nitrogens with one attached hydrogen (secondary N) is 1. The highest BCUT2D eigenvalue weighted by molar-refractivity contribution is 7.99. The van der Waals surface area contributed by atoms with Gasteiger partial charge in [-0.25, -0.2) is 12.7 Å². The topological polar surface area (TPSA) is 85.3 Å². The molecule has 0 aromatic carbocycles. The molecule has 0 saturated carbocycles. The van der Waals surface area contributed by atoms with Crippen LogP contribution in [0, 0.1) is 0 Å². The van der Waals surface area contributed by atoms with E-state index >= 15 is 0 Å². The van der Waals surface area contributed by atoms with Crippen LogP contribution >= 0.6 is 11.8 Å². The summed E-state index contributed by atoms with van der Waals surface area (Å²) in [5.41, 5.74) is 0. The van der Waals surface area contributed by atoms with Gasteiger partial charge in [0.05, 0.1) is 5.75 Å². The summed E-state index contributed by atoms with van der Waals surface area (Å²) in [4.78, 5) is 19.5. The molecule has 2 fully saturated rings. The van der Waals surface area contributed by atoms with E-state index in [0.717, 1.165) is 11.5 Å². The molecule has 0 spiro atoms. The fourth-order valence-corrected chi connectivity index (χ4v) is 5.30. The van der Waals surface area contributed by atoms with E-state index in [0.29, 0.717) is 51.8 Å². The van der Waals surface area contributed by atoms with Crippen molar-refractivity contribution in [1.82, 2.24) is 19.4 Å². The number of carbonyl (C=O) groups is 1. The van der Waals surface area contributed by atoms with Crippen LogP contribution in [0.5, 0.6) is 0 Å². The Hall–Kier alpha value is -1.00. The Morgan fingerprint density at radius 2 is 1.67 bits per heavy atom. The molecule has 0 aromatic heterocycles. The summed E-state index contributed by atoms with van der Waals surface area (Å²) in [7, 11) is -1.52. The molecule has 0 radical (unpaired) electrons. The van der Waals surface area contributed by atoms with Gasteiger partial charge in [-0.1, -0.05) is 0 Å². The normalized spacial score (nSPS) is 21.0. The van der Waals surface area contributed by atoms with Crippen molar-refractivity contribution in [3.05, 3.63) is 0 Å². The zero-order valence-corrected chi connectivity index (χ0v) is 16.0. The highest BCUT2D eigenvalue weighted by Crippen LogP contribution is 2.13. The van der Waals surface area contributed by atoms with Crippen LogP contribution in [0.3, 0.4) is 0 Å². The van der Waals surface area contributed by atoms with E-state index in [4.69, 9.17) is 0 Å². The fourth-order valence-electron chi connectivity index (χ4n) is 2.81. The van der Waals surface area contributed by atoms with Gasteiger partial charge < -0.3 is 15.1 Å². The predicted molar refractivity (Wildman–Crippen MR) is 97.9 cm³/mol. The van der Waals surface area contributed by atoms with Gasteiger partial charge in [-0.15, -0.1) is 0 Å². The minimum absolute atomic E-state index is 0.0735. The summed E-state index contributed by atoms with van der Waals surface area (Å²) < 4.78 is 26.2. The van der Waals surface area contributed by atoms with Crippen molar-refractivity contribution in [3.8, 4) is 0 Å². The van der Waals surface area contributed by atoms with Crippen LogP contribution in [0.1, 0.15) is 6.92 Å². The molecule has 1 amide bonds. The van der Waals surface area contributed by atoms with Crippen molar-refractivity contribution >= 4 is 33.7 Å². The number of carbonyl (C=O) groups excluding carboxylic acids is 1. The first kappa shape index (κ1) is 19.3. The first-order valence-electron chi connectivity index (χ1n) is 8.21. The molecule has 0 aromatic rings. The summed E-state index contributed by atoms with van der Waals surface area (Å²) in [6.07, 6.45) is 0. The average molecular weight is 378 g/mol. The lowest BCUT2D eigenvalue weighted by atomic mass is 10.3. The van der Waals surface area contributed by atoms with Gasteiger partial charge in [0, 0.05) is 71.3 Å². The lowest BCUT2D eigenvalue weighted by molar-refractivity contribution is -0.130. The van der Waals surface area contributed by atoms with Gasteiger partial charge in [0.1, 0.15) is 0 Å². The summed E-state index contributed by atoms with van der Waals surface area (Å²) in [5.74, 6) is 2.60. The smallest absolute Gasteiger partial charge is 0.219 e. The maximum absolute atomic E-state index is 12.3. The second-order valence-corrected chi connectivity index (χ2v) is 9.11. The molecule has 0 atom stereocenters. The standard InChI is InChI=1S/C14H27N5O3S2/c1-13(20)17-4-6-18(7-5-17)14(15-2)16-3-12-24(21,22)19-8-10-23-11-9-19/h3-12H2,1-2H3,(H,15,16). The summed E-state index contributed by atoms with van der Waals surface area (Å²) in [6.45, 7) is 5.87. The van der Waals surface area contributed by atoms with E-state index in [2.05, 4.69) is 15.2 Å². The van der Waals surface area contributed by atoms with E-state index in [1.807, 2.05) is 4.90 Å². The Kier molecular flexibility index (Phi) is 7.17. The number of sulfonamides is 1. The Labute approximate surface area is 148 Å². The predicted octanol–water partition coefficient (Wildman–Crippen LogP) is -0.895. The minimum atomic E-state index is -3.21. The van der Waals surface area contributed by atoms with Crippen LogP contribution < -0.4 is 5.32 Å². The molecule has 0 bridgehead atoms. The molecule has 24 heavy (non-hydrogen) atoms. The van der Waals surface area contributed by atoms with E-state index in [9.17, 15) is 13.2 Å². The Morgan fingerprint density at radius 1 is 1.08 bits per heavy atom. The number of guanidine groups is 1. The third kappa shape index (κ3) is 5.25. The first-order chi connectivity index (χ1) is 11.4. The van der Waals surface area contributed by atoms with Crippen LogP contribution in [-0.4, -0.2) is 105 Å². The molecule has 2 heterocycles. The number of nitrogens with zero attached hydrogens (tertiary/aromatic N) is 4. The van der Waals surface area contributed by atoms with Crippen LogP contribution in [0.2, 0.25) is 0 Å². The number of hydrogen-bond acceptors (Lipinski definition) is 5. The quantitative estimate of drug-likeness (QED) is 0.505. The van der Waals surface area contributed by atoms with Crippen LogP contribution in [-0.2, 0) is 14.8 Å². The van der Waals surface area contributed by atoms with E-state index < -0.39 is 10.0 Å². The van der Waals surface area contributed by atoms with Crippen molar-refractivity contribution in [3.63, 3.8) is 0 Å². The molecular weight excluding hydrogens is 350 g/mol.